The second-order valence-corrected chi connectivity index (χ2v) is 5.48. The monoisotopic (exact) mass is 268 g/mol. The minimum absolute atomic E-state index is 0.113. The van der Waals surface area contributed by atoms with E-state index in [-0.39, 0.29) is 6.04 Å². The van der Waals surface area contributed by atoms with E-state index in [0.717, 1.165) is 18.7 Å². The average Bonchev–Trinajstić information content (AvgIpc) is 2.49. The third kappa shape index (κ3) is 2.39. The van der Waals surface area contributed by atoms with Gasteiger partial charge in [0.05, 0.1) is 11.7 Å². The van der Waals surface area contributed by atoms with E-state index >= 15 is 0 Å². The Kier molecular flexibility index (Phi) is 3.65. The number of rotatable bonds is 3. The molecule has 20 heavy (non-hydrogen) atoms. The average molecular weight is 268 g/mol. The van der Waals surface area contributed by atoms with Crippen molar-refractivity contribution in [1.29, 1.82) is 0 Å². The highest BCUT2D eigenvalue weighted by Gasteiger charge is 2.28. The topological polar surface area (TPSA) is 55.0 Å². The number of nitrogens with zero attached hydrogens (tertiary/aromatic N) is 3. The molecule has 1 aliphatic heterocycles. The van der Waals surface area contributed by atoms with Crippen LogP contribution in [-0.4, -0.2) is 23.1 Å². The van der Waals surface area contributed by atoms with Crippen molar-refractivity contribution in [1.82, 2.24) is 9.97 Å². The van der Waals surface area contributed by atoms with E-state index in [1.54, 1.807) is 12.5 Å². The van der Waals surface area contributed by atoms with Gasteiger partial charge < -0.3 is 10.6 Å². The molecular weight excluding hydrogens is 248 g/mol. The fraction of sp³-hybridized carbons (Fsp3) is 0.375. The SMILES string of the molecule is CC1Cc2ccccc2N(C(CN)c2ccncn2)C1. The molecule has 1 aromatic heterocycles. The fourth-order valence-electron chi connectivity index (χ4n) is 3.04. The van der Waals surface area contributed by atoms with Crippen molar-refractivity contribution in [2.24, 2.45) is 11.7 Å². The highest BCUT2D eigenvalue weighted by molar-refractivity contribution is 5.57. The lowest BCUT2D eigenvalue weighted by Crippen LogP contribution is -2.40. The maximum absolute atomic E-state index is 6.04. The zero-order valence-electron chi connectivity index (χ0n) is 11.7. The van der Waals surface area contributed by atoms with Crippen LogP contribution >= 0.6 is 0 Å². The number of para-hydroxylation sites is 1. The quantitative estimate of drug-likeness (QED) is 0.927. The zero-order valence-corrected chi connectivity index (χ0v) is 11.7. The molecule has 1 aromatic carbocycles. The molecule has 2 N–H and O–H groups in total. The van der Waals surface area contributed by atoms with Gasteiger partial charge in [-0.2, -0.15) is 0 Å². The van der Waals surface area contributed by atoms with Crippen LogP contribution in [0.25, 0.3) is 0 Å². The van der Waals surface area contributed by atoms with Crippen molar-refractivity contribution in [3.63, 3.8) is 0 Å². The van der Waals surface area contributed by atoms with Gasteiger partial charge in [0.2, 0.25) is 0 Å². The van der Waals surface area contributed by atoms with E-state index in [4.69, 9.17) is 5.73 Å². The smallest absolute Gasteiger partial charge is 0.115 e. The molecule has 0 saturated heterocycles. The molecule has 0 spiro atoms. The Morgan fingerprint density at radius 2 is 2.20 bits per heavy atom. The summed E-state index contributed by atoms with van der Waals surface area (Å²) in [6.45, 7) is 3.86. The van der Waals surface area contributed by atoms with Crippen molar-refractivity contribution in [2.75, 3.05) is 18.0 Å². The number of anilines is 1. The van der Waals surface area contributed by atoms with Crippen LogP contribution in [0.15, 0.2) is 42.9 Å². The maximum atomic E-state index is 6.04. The van der Waals surface area contributed by atoms with Gasteiger partial charge in [-0.05, 0) is 30.0 Å². The van der Waals surface area contributed by atoms with Crippen LogP contribution in [0.3, 0.4) is 0 Å². The second-order valence-electron chi connectivity index (χ2n) is 5.48. The van der Waals surface area contributed by atoms with Crippen LogP contribution in [0, 0.1) is 5.92 Å². The highest BCUT2D eigenvalue weighted by Crippen LogP contribution is 2.34. The molecule has 0 amide bonds. The van der Waals surface area contributed by atoms with E-state index in [2.05, 4.69) is 46.1 Å². The molecule has 0 fully saturated rings. The molecule has 2 heterocycles. The van der Waals surface area contributed by atoms with E-state index in [1.807, 2.05) is 6.07 Å². The largest absolute Gasteiger partial charge is 0.361 e. The number of nitrogens with two attached hydrogens (primary N) is 1. The summed E-state index contributed by atoms with van der Waals surface area (Å²) in [6.07, 6.45) is 4.51. The molecule has 0 radical (unpaired) electrons. The maximum Gasteiger partial charge on any atom is 0.115 e. The van der Waals surface area contributed by atoms with Gasteiger partial charge in [0.15, 0.2) is 0 Å². The lowest BCUT2D eigenvalue weighted by atomic mass is 9.92. The van der Waals surface area contributed by atoms with Gasteiger partial charge in [-0.25, -0.2) is 9.97 Å². The Bertz CT molecular complexity index is 570. The molecule has 0 aliphatic carbocycles. The van der Waals surface area contributed by atoms with Crippen molar-refractivity contribution < 1.29 is 0 Å². The van der Waals surface area contributed by atoms with Gasteiger partial charge in [-0.15, -0.1) is 0 Å². The minimum atomic E-state index is 0.113. The van der Waals surface area contributed by atoms with Crippen LogP contribution in [-0.2, 0) is 6.42 Å². The molecule has 4 heteroatoms. The van der Waals surface area contributed by atoms with Crippen molar-refractivity contribution >= 4 is 5.69 Å². The molecule has 2 unspecified atom stereocenters. The van der Waals surface area contributed by atoms with E-state index in [1.165, 1.54) is 11.3 Å². The van der Waals surface area contributed by atoms with Crippen LogP contribution in [0.2, 0.25) is 0 Å². The third-order valence-electron chi connectivity index (χ3n) is 3.92. The standard InChI is InChI=1S/C16H20N4/c1-12-8-13-4-2-3-5-15(13)20(10-12)16(9-17)14-6-7-18-11-19-14/h2-7,11-12,16H,8-10,17H2,1H3. The Morgan fingerprint density at radius 1 is 1.35 bits per heavy atom. The predicted octanol–water partition coefficient (Wildman–Crippen LogP) is 2.18. The fourth-order valence-corrected chi connectivity index (χ4v) is 3.04. The first-order chi connectivity index (χ1) is 9.79. The van der Waals surface area contributed by atoms with Crippen molar-refractivity contribution in [3.8, 4) is 0 Å². The molecule has 1 aliphatic rings. The van der Waals surface area contributed by atoms with Gasteiger partial charge >= 0.3 is 0 Å². The first-order valence-electron chi connectivity index (χ1n) is 7.10. The Morgan fingerprint density at radius 3 is 2.95 bits per heavy atom. The molecule has 104 valence electrons. The Balaban J connectivity index is 2.00. The molecule has 0 saturated carbocycles. The second kappa shape index (κ2) is 5.59. The van der Waals surface area contributed by atoms with Crippen molar-refractivity contribution in [2.45, 2.75) is 19.4 Å². The summed E-state index contributed by atoms with van der Waals surface area (Å²) in [4.78, 5) is 10.8. The molecular formula is C16H20N4. The summed E-state index contributed by atoms with van der Waals surface area (Å²) in [5, 5.41) is 0. The summed E-state index contributed by atoms with van der Waals surface area (Å²) in [5.41, 5.74) is 9.72. The van der Waals surface area contributed by atoms with Crippen LogP contribution in [0.4, 0.5) is 5.69 Å². The lowest BCUT2D eigenvalue weighted by Gasteiger charge is -2.39. The number of hydrogen-bond acceptors (Lipinski definition) is 4. The molecule has 2 aromatic rings. The predicted molar refractivity (Wildman–Crippen MR) is 80.5 cm³/mol. The van der Waals surface area contributed by atoms with Gasteiger partial charge in [0, 0.05) is 25.0 Å². The van der Waals surface area contributed by atoms with Gasteiger partial charge in [-0.1, -0.05) is 25.1 Å². The van der Waals surface area contributed by atoms with Crippen molar-refractivity contribution in [3.05, 3.63) is 54.1 Å². The number of aromatic nitrogens is 2. The van der Waals surface area contributed by atoms with Crippen LogP contribution < -0.4 is 10.6 Å². The molecule has 4 nitrogen and oxygen atoms in total. The van der Waals surface area contributed by atoms with E-state index in [9.17, 15) is 0 Å². The van der Waals surface area contributed by atoms with Crippen LogP contribution in [0.1, 0.15) is 24.2 Å². The summed E-state index contributed by atoms with van der Waals surface area (Å²) >= 11 is 0. The lowest BCUT2D eigenvalue weighted by molar-refractivity contribution is 0.485. The first kappa shape index (κ1) is 13.1. The normalized spacial score (nSPS) is 19.5. The van der Waals surface area contributed by atoms with E-state index < -0.39 is 0 Å². The first-order valence-corrected chi connectivity index (χ1v) is 7.10. The Hall–Kier alpha value is -1.94. The minimum Gasteiger partial charge on any atom is -0.361 e. The molecule has 0 bridgehead atoms. The summed E-state index contributed by atoms with van der Waals surface area (Å²) in [6, 6.07) is 10.7. The number of benzene rings is 1. The third-order valence-corrected chi connectivity index (χ3v) is 3.92. The van der Waals surface area contributed by atoms with Gasteiger partial charge in [0.25, 0.3) is 0 Å². The number of hydrogen-bond donors (Lipinski definition) is 1. The zero-order chi connectivity index (χ0) is 13.9. The van der Waals surface area contributed by atoms with Gasteiger partial charge in [0.1, 0.15) is 6.33 Å². The number of fused-ring (bicyclic) bond motifs is 1. The Labute approximate surface area is 119 Å². The molecule has 3 rings (SSSR count). The molecule has 2 atom stereocenters. The van der Waals surface area contributed by atoms with E-state index in [0.29, 0.717) is 12.5 Å². The summed E-state index contributed by atoms with van der Waals surface area (Å²) in [5.74, 6) is 0.626. The van der Waals surface area contributed by atoms with Gasteiger partial charge in [-0.3, -0.25) is 0 Å². The van der Waals surface area contributed by atoms with Crippen LogP contribution in [0.5, 0.6) is 0 Å². The highest BCUT2D eigenvalue weighted by atomic mass is 15.2. The summed E-state index contributed by atoms with van der Waals surface area (Å²) in [7, 11) is 0. The summed E-state index contributed by atoms with van der Waals surface area (Å²) < 4.78 is 0.